The Kier molecular flexibility index (Phi) is 3.19. The summed E-state index contributed by atoms with van der Waals surface area (Å²) >= 11 is 1.55. The number of nitrogens with zero attached hydrogens (tertiary/aromatic N) is 4. The lowest BCUT2D eigenvalue weighted by atomic mass is 10.1. The summed E-state index contributed by atoms with van der Waals surface area (Å²) in [6, 6.07) is 6.47. The van der Waals surface area contributed by atoms with Gasteiger partial charge in [-0.25, -0.2) is 9.50 Å². The van der Waals surface area contributed by atoms with Gasteiger partial charge in [-0.15, -0.1) is 0 Å². The highest BCUT2D eigenvalue weighted by atomic mass is 32.1. The first-order chi connectivity index (χ1) is 9.67. The van der Waals surface area contributed by atoms with Gasteiger partial charge >= 0.3 is 0 Å². The minimum Gasteiger partial charge on any atom is -0.258 e. The third-order valence-corrected chi connectivity index (χ3v) is 3.88. The van der Waals surface area contributed by atoms with E-state index in [1.165, 1.54) is 12.1 Å². The predicted octanol–water partition coefficient (Wildman–Crippen LogP) is 3.32. The van der Waals surface area contributed by atoms with Crippen LogP contribution in [0.4, 0.5) is 5.69 Å². The lowest BCUT2D eigenvalue weighted by molar-refractivity contribution is -0.384. The maximum atomic E-state index is 10.8. The molecule has 0 aliphatic rings. The Morgan fingerprint density at radius 1 is 1.45 bits per heavy atom. The van der Waals surface area contributed by atoms with Crippen molar-refractivity contribution in [1.82, 2.24) is 14.6 Å². The summed E-state index contributed by atoms with van der Waals surface area (Å²) in [6.45, 7) is 2.11. The second-order valence-electron chi connectivity index (χ2n) is 4.41. The van der Waals surface area contributed by atoms with Crippen LogP contribution in [0.15, 0.2) is 30.5 Å². The van der Waals surface area contributed by atoms with Crippen molar-refractivity contribution >= 4 is 22.0 Å². The summed E-state index contributed by atoms with van der Waals surface area (Å²) < 4.78 is 1.74. The number of fused-ring (bicyclic) bond motifs is 1. The van der Waals surface area contributed by atoms with Gasteiger partial charge in [-0.3, -0.25) is 10.1 Å². The van der Waals surface area contributed by atoms with Crippen molar-refractivity contribution in [2.45, 2.75) is 19.8 Å². The van der Waals surface area contributed by atoms with Crippen LogP contribution in [0.25, 0.3) is 16.2 Å². The lowest BCUT2D eigenvalue weighted by Crippen LogP contribution is -1.88. The average molecular weight is 288 g/mol. The Balaban J connectivity index is 1.99. The fourth-order valence-electron chi connectivity index (χ4n) is 1.97. The standard InChI is InChI=1S/C13H12N4O2S/c1-2-4-12-15-16-8-11(14-13(16)20-12)9-5-3-6-10(7-9)17(18)19/h3,5-8H,2,4H2,1H3. The minimum atomic E-state index is -0.403. The van der Waals surface area contributed by atoms with Gasteiger partial charge in [0.05, 0.1) is 16.8 Å². The van der Waals surface area contributed by atoms with Crippen molar-refractivity contribution < 1.29 is 4.92 Å². The number of nitro benzene ring substituents is 1. The molecule has 0 spiro atoms. The Labute approximate surface area is 118 Å². The maximum absolute atomic E-state index is 10.8. The van der Waals surface area contributed by atoms with Crippen LogP contribution in [0.2, 0.25) is 0 Å². The fourth-order valence-corrected chi connectivity index (χ4v) is 2.95. The number of aryl methyl sites for hydroxylation is 1. The van der Waals surface area contributed by atoms with Gasteiger partial charge in [-0.1, -0.05) is 30.4 Å². The van der Waals surface area contributed by atoms with Gasteiger partial charge in [0, 0.05) is 24.1 Å². The molecule has 0 N–H and O–H groups in total. The molecule has 3 rings (SSSR count). The highest BCUT2D eigenvalue weighted by Gasteiger charge is 2.12. The third kappa shape index (κ3) is 2.27. The molecule has 1 aromatic carbocycles. The highest BCUT2D eigenvalue weighted by molar-refractivity contribution is 7.16. The average Bonchev–Trinajstić information content (AvgIpc) is 2.97. The molecule has 0 fully saturated rings. The zero-order valence-corrected chi connectivity index (χ0v) is 11.6. The quantitative estimate of drug-likeness (QED) is 0.545. The molecule has 0 radical (unpaired) electrons. The number of hydrogen-bond donors (Lipinski definition) is 0. The summed E-state index contributed by atoms with van der Waals surface area (Å²) in [5.41, 5.74) is 1.50. The SMILES string of the molecule is CCCc1nn2cc(-c3cccc([N+](=O)[O-])c3)nc2s1. The molecule has 0 aliphatic carbocycles. The van der Waals surface area contributed by atoms with Crippen LogP contribution < -0.4 is 0 Å². The fraction of sp³-hybridized carbons (Fsp3) is 0.231. The van der Waals surface area contributed by atoms with E-state index in [4.69, 9.17) is 0 Å². The van der Waals surface area contributed by atoms with Gasteiger partial charge in [-0.05, 0) is 6.42 Å². The van der Waals surface area contributed by atoms with Crippen molar-refractivity contribution in [3.8, 4) is 11.3 Å². The van der Waals surface area contributed by atoms with Crippen molar-refractivity contribution in [3.05, 3.63) is 45.6 Å². The van der Waals surface area contributed by atoms with Gasteiger partial charge in [0.25, 0.3) is 5.69 Å². The molecule has 0 atom stereocenters. The first-order valence-electron chi connectivity index (χ1n) is 6.27. The third-order valence-electron chi connectivity index (χ3n) is 2.90. The first-order valence-corrected chi connectivity index (χ1v) is 7.09. The largest absolute Gasteiger partial charge is 0.270 e. The van der Waals surface area contributed by atoms with Crippen LogP contribution in [0, 0.1) is 10.1 Å². The van der Waals surface area contributed by atoms with Crippen molar-refractivity contribution in [1.29, 1.82) is 0 Å². The van der Waals surface area contributed by atoms with E-state index >= 15 is 0 Å². The van der Waals surface area contributed by atoms with Gasteiger partial charge < -0.3 is 0 Å². The smallest absolute Gasteiger partial charge is 0.258 e. The van der Waals surface area contributed by atoms with Crippen LogP contribution in [0.3, 0.4) is 0 Å². The zero-order valence-electron chi connectivity index (χ0n) is 10.8. The zero-order chi connectivity index (χ0) is 14.1. The van der Waals surface area contributed by atoms with Crippen LogP contribution >= 0.6 is 11.3 Å². The van der Waals surface area contributed by atoms with Gasteiger partial charge in [0.1, 0.15) is 5.01 Å². The van der Waals surface area contributed by atoms with Crippen molar-refractivity contribution in [2.24, 2.45) is 0 Å². The number of aromatic nitrogens is 3. The highest BCUT2D eigenvalue weighted by Crippen LogP contribution is 2.25. The molecule has 6 nitrogen and oxygen atoms in total. The van der Waals surface area contributed by atoms with E-state index in [2.05, 4.69) is 17.0 Å². The maximum Gasteiger partial charge on any atom is 0.270 e. The molecule has 2 aromatic heterocycles. The van der Waals surface area contributed by atoms with Gasteiger partial charge in [0.15, 0.2) is 0 Å². The van der Waals surface area contributed by atoms with Gasteiger partial charge in [0.2, 0.25) is 4.96 Å². The van der Waals surface area contributed by atoms with E-state index in [1.807, 2.05) is 12.3 Å². The van der Waals surface area contributed by atoms with E-state index in [9.17, 15) is 10.1 Å². The molecule has 0 saturated heterocycles. The number of nitro groups is 1. The molecule has 0 unspecified atom stereocenters. The number of rotatable bonds is 4. The van der Waals surface area contributed by atoms with Crippen molar-refractivity contribution in [2.75, 3.05) is 0 Å². The summed E-state index contributed by atoms with van der Waals surface area (Å²) in [6.07, 6.45) is 3.80. The molecule has 3 aromatic rings. The number of imidazole rings is 1. The molecule has 0 saturated carbocycles. The molecular weight excluding hydrogens is 276 g/mol. The lowest BCUT2D eigenvalue weighted by Gasteiger charge is -1.96. The second kappa shape index (κ2) is 5.01. The number of hydrogen-bond acceptors (Lipinski definition) is 5. The Morgan fingerprint density at radius 2 is 2.30 bits per heavy atom. The van der Waals surface area contributed by atoms with E-state index in [-0.39, 0.29) is 5.69 Å². The Bertz CT molecular complexity index is 746. The Morgan fingerprint density at radius 3 is 3.00 bits per heavy atom. The van der Waals surface area contributed by atoms with Gasteiger partial charge in [-0.2, -0.15) is 5.10 Å². The first kappa shape index (κ1) is 12.7. The monoisotopic (exact) mass is 288 g/mol. The molecule has 0 amide bonds. The number of benzene rings is 1. The van der Waals surface area contributed by atoms with Crippen LogP contribution in [0.5, 0.6) is 0 Å². The predicted molar refractivity (Wildman–Crippen MR) is 76.9 cm³/mol. The van der Waals surface area contributed by atoms with E-state index in [1.54, 1.807) is 21.9 Å². The molecule has 2 heterocycles. The van der Waals surface area contributed by atoms with Crippen LogP contribution in [0.1, 0.15) is 18.4 Å². The molecule has 0 bridgehead atoms. The summed E-state index contributed by atoms with van der Waals surface area (Å²) in [7, 11) is 0. The second-order valence-corrected chi connectivity index (χ2v) is 5.45. The van der Waals surface area contributed by atoms with E-state index in [0.717, 1.165) is 28.4 Å². The number of non-ortho nitro benzene ring substituents is 1. The summed E-state index contributed by atoms with van der Waals surface area (Å²) in [5.74, 6) is 0. The molecule has 20 heavy (non-hydrogen) atoms. The molecule has 7 heteroatoms. The summed E-state index contributed by atoms with van der Waals surface area (Å²) in [4.78, 5) is 15.7. The van der Waals surface area contributed by atoms with E-state index < -0.39 is 4.92 Å². The van der Waals surface area contributed by atoms with Crippen LogP contribution in [-0.4, -0.2) is 19.5 Å². The Hall–Kier alpha value is -2.28. The van der Waals surface area contributed by atoms with E-state index in [0.29, 0.717) is 5.69 Å². The topological polar surface area (TPSA) is 73.3 Å². The van der Waals surface area contributed by atoms with Crippen molar-refractivity contribution in [3.63, 3.8) is 0 Å². The molecule has 102 valence electrons. The summed E-state index contributed by atoms with van der Waals surface area (Å²) in [5, 5.41) is 16.3. The minimum absolute atomic E-state index is 0.0680. The van der Waals surface area contributed by atoms with Crippen LogP contribution in [-0.2, 0) is 6.42 Å². The normalized spacial score (nSPS) is 11.1. The molecule has 0 aliphatic heterocycles. The molecular formula is C13H12N4O2S.